The van der Waals surface area contributed by atoms with Gasteiger partial charge in [0.25, 0.3) is 0 Å². The topological polar surface area (TPSA) is 72.5 Å². The summed E-state index contributed by atoms with van der Waals surface area (Å²) in [4.78, 5) is 24.9. The van der Waals surface area contributed by atoms with Gasteiger partial charge in [-0.05, 0) is 43.2 Å². The maximum absolute atomic E-state index is 13.9. The van der Waals surface area contributed by atoms with Crippen molar-refractivity contribution in [1.29, 1.82) is 0 Å². The van der Waals surface area contributed by atoms with E-state index in [-0.39, 0.29) is 29.1 Å². The largest absolute Gasteiger partial charge is 0.464 e. The van der Waals surface area contributed by atoms with Gasteiger partial charge in [-0.3, -0.25) is 4.79 Å². The predicted molar refractivity (Wildman–Crippen MR) is 109 cm³/mol. The number of hydrogen-bond acceptors (Lipinski definition) is 4. The Morgan fingerprint density at radius 3 is 2.69 bits per heavy atom. The van der Waals surface area contributed by atoms with Gasteiger partial charge in [0.2, 0.25) is 5.91 Å². The van der Waals surface area contributed by atoms with Gasteiger partial charge >= 0.3 is 5.63 Å². The van der Waals surface area contributed by atoms with Crippen molar-refractivity contribution in [2.75, 3.05) is 0 Å². The van der Waals surface area contributed by atoms with Gasteiger partial charge in [-0.15, -0.1) is 0 Å². The average Bonchev–Trinajstić information content (AvgIpc) is 3.03. The molecule has 0 aliphatic heterocycles. The van der Waals surface area contributed by atoms with E-state index in [9.17, 15) is 14.0 Å². The van der Waals surface area contributed by atoms with Crippen molar-refractivity contribution >= 4 is 39.4 Å². The third kappa shape index (κ3) is 3.51. The van der Waals surface area contributed by atoms with E-state index < -0.39 is 17.3 Å². The zero-order valence-electron chi connectivity index (χ0n) is 15.8. The smallest absolute Gasteiger partial charge is 0.340 e. The van der Waals surface area contributed by atoms with Gasteiger partial charge in [-0.25, -0.2) is 9.18 Å². The van der Waals surface area contributed by atoms with Crippen LogP contribution in [0, 0.1) is 19.7 Å². The Labute approximate surface area is 170 Å². The van der Waals surface area contributed by atoms with Crippen LogP contribution in [0.15, 0.2) is 50.2 Å². The van der Waals surface area contributed by atoms with Crippen LogP contribution in [0.1, 0.15) is 22.3 Å². The molecule has 0 saturated heterocycles. The number of hydrogen-bond donors (Lipinski definition) is 1. The molecular weight excluding hydrogens is 397 g/mol. The molecule has 5 nitrogen and oxygen atoms in total. The minimum absolute atomic E-state index is 0.0723. The zero-order valence-corrected chi connectivity index (χ0v) is 16.5. The molecule has 2 aromatic heterocycles. The lowest BCUT2D eigenvalue weighted by atomic mass is 10.0. The molecule has 2 aromatic carbocycles. The van der Waals surface area contributed by atoms with E-state index in [1.165, 1.54) is 12.1 Å². The number of amides is 1. The standard InChI is InChI=1S/C22H17ClFNO4/c1-11-10-28-19-8-20-14(6-13(11)19)12(2)15(22(27)29-20)7-21(26)25-9-16-17(23)4-3-5-18(16)24/h3-6,8,10H,7,9H2,1-2H3,(H,25,26). The van der Waals surface area contributed by atoms with E-state index >= 15 is 0 Å². The molecule has 0 fully saturated rings. The van der Waals surface area contributed by atoms with Gasteiger partial charge in [-0.1, -0.05) is 17.7 Å². The number of halogens is 2. The van der Waals surface area contributed by atoms with Crippen LogP contribution < -0.4 is 10.9 Å². The van der Waals surface area contributed by atoms with E-state index in [4.69, 9.17) is 20.4 Å². The summed E-state index contributed by atoms with van der Waals surface area (Å²) in [5, 5.41) is 4.49. The highest BCUT2D eigenvalue weighted by Crippen LogP contribution is 2.29. The van der Waals surface area contributed by atoms with Crippen LogP contribution in [0.3, 0.4) is 0 Å². The van der Waals surface area contributed by atoms with Crippen molar-refractivity contribution in [3.63, 3.8) is 0 Å². The van der Waals surface area contributed by atoms with E-state index in [2.05, 4.69) is 5.32 Å². The summed E-state index contributed by atoms with van der Waals surface area (Å²) >= 11 is 5.98. The summed E-state index contributed by atoms with van der Waals surface area (Å²) in [7, 11) is 0. The number of carbonyl (C=O) groups is 1. The highest BCUT2D eigenvalue weighted by atomic mass is 35.5. The summed E-state index contributed by atoms with van der Waals surface area (Å²) < 4.78 is 24.7. The molecule has 0 aliphatic carbocycles. The molecule has 29 heavy (non-hydrogen) atoms. The second-order valence-electron chi connectivity index (χ2n) is 6.91. The van der Waals surface area contributed by atoms with Crippen LogP contribution in [-0.4, -0.2) is 5.91 Å². The third-order valence-corrected chi connectivity index (χ3v) is 5.39. The number of aryl methyl sites for hydroxylation is 2. The second kappa shape index (κ2) is 7.37. The second-order valence-corrected chi connectivity index (χ2v) is 7.32. The van der Waals surface area contributed by atoms with Crippen molar-refractivity contribution < 1.29 is 18.0 Å². The lowest BCUT2D eigenvalue weighted by molar-refractivity contribution is -0.120. The zero-order chi connectivity index (χ0) is 20.7. The molecule has 1 amide bonds. The quantitative estimate of drug-likeness (QED) is 0.487. The Hall–Kier alpha value is -3.12. The first-order valence-corrected chi connectivity index (χ1v) is 9.36. The van der Waals surface area contributed by atoms with Crippen LogP contribution in [0.25, 0.3) is 21.9 Å². The first-order chi connectivity index (χ1) is 13.8. The number of fused-ring (bicyclic) bond motifs is 2. The van der Waals surface area contributed by atoms with Crippen LogP contribution in [-0.2, 0) is 17.8 Å². The van der Waals surface area contributed by atoms with E-state index in [1.54, 1.807) is 25.3 Å². The van der Waals surface area contributed by atoms with Crippen LogP contribution in [0.2, 0.25) is 5.02 Å². The average molecular weight is 414 g/mol. The minimum Gasteiger partial charge on any atom is -0.464 e. The van der Waals surface area contributed by atoms with E-state index in [1.807, 2.05) is 13.0 Å². The maximum Gasteiger partial charge on any atom is 0.340 e. The highest BCUT2D eigenvalue weighted by molar-refractivity contribution is 6.31. The van der Waals surface area contributed by atoms with E-state index in [0.29, 0.717) is 16.7 Å². The van der Waals surface area contributed by atoms with Crippen molar-refractivity contribution in [3.8, 4) is 0 Å². The number of benzene rings is 2. The lowest BCUT2D eigenvalue weighted by Gasteiger charge is -2.10. The fraction of sp³-hybridized carbons (Fsp3) is 0.182. The molecule has 4 rings (SSSR count). The van der Waals surface area contributed by atoms with Gasteiger partial charge in [-0.2, -0.15) is 0 Å². The van der Waals surface area contributed by atoms with E-state index in [0.717, 1.165) is 16.3 Å². The summed E-state index contributed by atoms with van der Waals surface area (Å²) in [6.07, 6.45) is 1.46. The Kier molecular flexibility index (Phi) is 4.88. The van der Waals surface area contributed by atoms with Gasteiger partial charge in [0.05, 0.1) is 18.2 Å². The molecule has 0 atom stereocenters. The molecular formula is C22H17ClFNO4. The number of furan rings is 1. The van der Waals surface area contributed by atoms with Gasteiger partial charge in [0.15, 0.2) is 0 Å². The molecule has 7 heteroatoms. The molecule has 0 bridgehead atoms. The Balaban J connectivity index is 1.63. The SMILES string of the molecule is Cc1coc2cc3oc(=O)c(CC(=O)NCc4c(F)cccc4Cl)c(C)c3cc12. The maximum atomic E-state index is 13.9. The van der Waals surface area contributed by atoms with Crippen LogP contribution in [0.5, 0.6) is 0 Å². The van der Waals surface area contributed by atoms with Gasteiger partial charge < -0.3 is 14.2 Å². The summed E-state index contributed by atoms with van der Waals surface area (Å²) in [5.41, 5.74) is 2.53. The molecule has 148 valence electrons. The lowest BCUT2D eigenvalue weighted by Crippen LogP contribution is -2.27. The molecule has 4 aromatic rings. The predicted octanol–water partition coefficient (Wildman–Crippen LogP) is 4.81. The Bertz CT molecular complexity index is 1300. The molecule has 1 N–H and O–H groups in total. The van der Waals surface area contributed by atoms with Crippen molar-refractivity contribution in [2.24, 2.45) is 0 Å². The Morgan fingerprint density at radius 2 is 1.93 bits per heavy atom. The van der Waals surface area contributed by atoms with Gasteiger partial charge in [0, 0.05) is 34.0 Å². The fourth-order valence-electron chi connectivity index (χ4n) is 3.35. The monoisotopic (exact) mass is 413 g/mol. The molecule has 0 aliphatic rings. The number of carbonyl (C=O) groups excluding carboxylic acids is 1. The number of rotatable bonds is 4. The number of nitrogens with one attached hydrogen (secondary N) is 1. The highest BCUT2D eigenvalue weighted by Gasteiger charge is 2.17. The van der Waals surface area contributed by atoms with Crippen molar-refractivity contribution in [3.05, 3.63) is 80.1 Å². The van der Waals surface area contributed by atoms with Gasteiger partial charge in [0.1, 0.15) is 17.0 Å². The first-order valence-electron chi connectivity index (χ1n) is 8.99. The van der Waals surface area contributed by atoms with Crippen molar-refractivity contribution in [1.82, 2.24) is 5.32 Å². The first kappa shape index (κ1) is 19.2. The Morgan fingerprint density at radius 1 is 1.14 bits per heavy atom. The summed E-state index contributed by atoms with van der Waals surface area (Å²) in [5.74, 6) is -0.932. The molecule has 0 spiro atoms. The third-order valence-electron chi connectivity index (χ3n) is 5.04. The molecule has 2 heterocycles. The molecule has 0 unspecified atom stereocenters. The summed E-state index contributed by atoms with van der Waals surface area (Å²) in [6, 6.07) is 7.88. The van der Waals surface area contributed by atoms with Crippen LogP contribution in [0.4, 0.5) is 4.39 Å². The summed E-state index contributed by atoms with van der Waals surface area (Å²) in [6.45, 7) is 3.63. The van der Waals surface area contributed by atoms with Crippen LogP contribution >= 0.6 is 11.6 Å². The normalized spacial score (nSPS) is 11.3. The molecule has 0 radical (unpaired) electrons. The fourth-order valence-corrected chi connectivity index (χ4v) is 3.58. The molecule has 0 saturated carbocycles. The minimum atomic E-state index is -0.586. The van der Waals surface area contributed by atoms with Crippen molar-refractivity contribution in [2.45, 2.75) is 26.8 Å².